The molecular formula is C16H13FN3+. The molecule has 0 saturated carbocycles. The molecule has 1 aromatic carbocycles. The van der Waals surface area contributed by atoms with Gasteiger partial charge in [-0.25, -0.2) is 0 Å². The first-order valence-electron chi connectivity index (χ1n) is 6.19. The van der Waals surface area contributed by atoms with Crippen molar-refractivity contribution in [2.75, 3.05) is 6.54 Å². The molecule has 0 fully saturated rings. The molecule has 0 radical (unpaired) electrons. The normalized spacial score (nSPS) is 20.1. The number of nitrogens with two attached hydrogens (primary N) is 1. The Kier molecular flexibility index (Phi) is 2.78. The Morgan fingerprint density at radius 3 is 2.80 bits per heavy atom. The lowest BCUT2D eigenvalue weighted by Gasteiger charge is -2.32. The number of para-hydroxylation sites is 1. The fourth-order valence-electron chi connectivity index (χ4n) is 2.71. The number of rotatable bonds is 2. The fraction of sp³-hybridized carbons (Fsp3) is 0.0625. The van der Waals surface area contributed by atoms with E-state index in [4.69, 9.17) is 12.2 Å². The molecule has 1 aromatic heterocycles. The molecule has 20 heavy (non-hydrogen) atoms. The van der Waals surface area contributed by atoms with Gasteiger partial charge in [-0.2, -0.15) is 8.87 Å². The monoisotopic (exact) mass is 266 g/mol. The molecule has 1 aliphatic rings. The van der Waals surface area contributed by atoms with Gasteiger partial charge in [0.05, 0.1) is 6.20 Å². The minimum absolute atomic E-state index is 0.0149. The highest BCUT2D eigenvalue weighted by Crippen LogP contribution is 2.45. The number of fused-ring (bicyclic) bond motifs is 1. The van der Waals surface area contributed by atoms with Crippen LogP contribution in [-0.4, -0.2) is 11.5 Å². The highest BCUT2D eigenvalue weighted by Gasteiger charge is 2.44. The number of hydrogen-bond acceptors (Lipinski definition) is 2. The van der Waals surface area contributed by atoms with Crippen molar-refractivity contribution in [3.05, 3.63) is 59.9 Å². The molecule has 1 atom stereocenters. The van der Waals surface area contributed by atoms with Crippen LogP contribution in [0.4, 0.5) is 15.8 Å². The van der Waals surface area contributed by atoms with Gasteiger partial charge in [0.1, 0.15) is 0 Å². The average molecular weight is 266 g/mol. The van der Waals surface area contributed by atoms with Crippen molar-refractivity contribution >= 4 is 17.5 Å². The summed E-state index contributed by atoms with van der Waals surface area (Å²) in [6.45, 7) is 0.250. The largest absolute Gasteiger partial charge is 0.354 e. The van der Waals surface area contributed by atoms with E-state index < -0.39 is 5.82 Å². The third-order valence-electron chi connectivity index (χ3n) is 3.58. The quantitative estimate of drug-likeness (QED) is 0.670. The maximum absolute atomic E-state index is 14.2. The lowest BCUT2D eigenvalue weighted by atomic mass is 10.1. The summed E-state index contributed by atoms with van der Waals surface area (Å²) < 4.78 is 14.3. The van der Waals surface area contributed by atoms with Gasteiger partial charge in [-0.15, -0.1) is 6.42 Å². The van der Waals surface area contributed by atoms with Crippen LogP contribution < -0.4 is 10.2 Å². The highest BCUT2D eigenvalue weighted by atomic mass is 19.1. The summed E-state index contributed by atoms with van der Waals surface area (Å²) >= 11 is 0. The average Bonchev–Trinajstić information content (AvgIpc) is 2.73. The maximum atomic E-state index is 14.2. The Morgan fingerprint density at radius 2 is 2.05 bits per heavy atom. The SMILES string of the molecule is C#CC[N+]1(c2ccncc2F)C(N)=Cc2ccccc21. The van der Waals surface area contributed by atoms with Gasteiger partial charge in [0.2, 0.25) is 11.6 Å². The van der Waals surface area contributed by atoms with E-state index in [1.54, 1.807) is 12.3 Å². The second-order valence-electron chi connectivity index (χ2n) is 4.63. The summed E-state index contributed by atoms with van der Waals surface area (Å²) in [5, 5.41) is 0. The van der Waals surface area contributed by atoms with Gasteiger partial charge >= 0.3 is 0 Å². The van der Waals surface area contributed by atoms with E-state index in [1.165, 1.54) is 6.20 Å². The number of quaternary nitrogens is 1. The van der Waals surface area contributed by atoms with Crippen molar-refractivity contribution in [3.63, 3.8) is 0 Å². The number of halogens is 1. The van der Waals surface area contributed by atoms with Crippen molar-refractivity contribution in [2.24, 2.45) is 5.73 Å². The van der Waals surface area contributed by atoms with E-state index >= 15 is 0 Å². The van der Waals surface area contributed by atoms with Crippen LogP contribution in [0, 0.1) is 18.2 Å². The molecule has 3 rings (SSSR count). The number of aromatic nitrogens is 1. The summed E-state index contributed by atoms with van der Waals surface area (Å²) in [6, 6.07) is 9.30. The van der Waals surface area contributed by atoms with Crippen molar-refractivity contribution < 1.29 is 4.39 Å². The number of terminal acetylenes is 1. The molecule has 3 nitrogen and oxygen atoms in total. The molecule has 2 N–H and O–H groups in total. The Balaban J connectivity index is 2.33. The van der Waals surface area contributed by atoms with Gasteiger partial charge in [-0.1, -0.05) is 12.1 Å². The summed E-state index contributed by atoms with van der Waals surface area (Å²) in [4.78, 5) is 3.79. The summed E-state index contributed by atoms with van der Waals surface area (Å²) in [5.41, 5.74) is 8.45. The van der Waals surface area contributed by atoms with Crippen LogP contribution in [0.15, 0.2) is 48.5 Å². The maximum Gasteiger partial charge on any atom is 0.210 e. The molecule has 1 unspecified atom stereocenters. The van der Waals surface area contributed by atoms with Crippen LogP contribution in [0.25, 0.3) is 6.08 Å². The molecule has 2 aromatic rings. The van der Waals surface area contributed by atoms with E-state index in [1.807, 2.05) is 30.3 Å². The second-order valence-corrected chi connectivity index (χ2v) is 4.63. The van der Waals surface area contributed by atoms with E-state index in [2.05, 4.69) is 10.9 Å². The topological polar surface area (TPSA) is 38.9 Å². The van der Waals surface area contributed by atoms with Crippen LogP contribution in [0.3, 0.4) is 0 Å². The number of nitrogens with zero attached hydrogens (tertiary/aromatic N) is 2. The van der Waals surface area contributed by atoms with Crippen molar-refractivity contribution in [3.8, 4) is 12.3 Å². The zero-order chi connectivity index (χ0) is 14.2. The molecule has 0 saturated heterocycles. The second kappa shape index (κ2) is 4.48. The van der Waals surface area contributed by atoms with Crippen LogP contribution in [-0.2, 0) is 0 Å². The Morgan fingerprint density at radius 1 is 1.25 bits per heavy atom. The van der Waals surface area contributed by atoms with Gasteiger partial charge in [-0.3, -0.25) is 4.98 Å². The Hall–Kier alpha value is -2.64. The summed E-state index contributed by atoms with van der Waals surface area (Å²) in [5.74, 6) is 2.70. The Labute approximate surface area is 116 Å². The fourth-order valence-corrected chi connectivity index (χ4v) is 2.71. The van der Waals surface area contributed by atoms with E-state index in [0.29, 0.717) is 11.5 Å². The molecule has 0 aliphatic carbocycles. The lowest BCUT2D eigenvalue weighted by Crippen LogP contribution is -2.45. The van der Waals surface area contributed by atoms with Crippen LogP contribution in [0.5, 0.6) is 0 Å². The molecule has 0 spiro atoms. The standard InChI is InChI=1S/C16H13FN3/c1-2-9-20(15-7-8-19-11-13(15)17)14-6-4-3-5-12(14)10-16(20)18/h1,3-8,10-11H,9,18H2/q+1. The zero-order valence-corrected chi connectivity index (χ0v) is 10.8. The predicted molar refractivity (Wildman–Crippen MR) is 78.0 cm³/mol. The van der Waals surface area contributed by atoms with E-state index in [0.717, 1.165) is 11.3 Å². The predicted octanol–water partition coefficient (Wildman–Crippen LogP) is 2.76. The molecule has 2 heterocycles. The van der Waals surface area contributed by atoms with Crippen molar-refractivity contribution in [1.82, 2.24) is 9.47 Å². The summed E-state index contributed by atoms with van der Waals surface area (Å²) in [7, 11) is 0. The van der Waals surface area contributed by atoms with Gasteiger partial charge in [0, 0.05) is 30.0 Å². The van der Waals surface area contributed by atoms with Gasteiger partial charge < -0.3 is 5.73 Å². The molecule has 1 aliphatic heterocycles. The number of benzene rings is 1. The third-order valence-corrected chi connectivity index (χ3v) is 3.58. The first kappa shape index (κ1) is 12.4. The molecular weight excluding hydrogens is 253 g/mol. The van der Waals surface area contributed by atoms with E-state index in [9.17, 15) is 4.39 Å². The molecule has 0 bridgehead atoms. The molecule has 0 amide bonds. The smallest absolute Gasteiger partial charge is 0.210 e. The minimum atomic E-state index is -0.421. The van der Waals surface area contributed by atoms with Crippen LogP contribution in [0.1, 0.15) is 5.56 Å². The summed E-state index contributed by atoms with van der Waals surface area (Å²) in [6.07, 6.45) is 10.1. The van der Waals surface area contributed by atoms with Crippen molar-refractivity contribution in [1.29, 1.82) is 0 Å². The van der Waals surface area contributed by atoms with E-state index in [-0.39, 0.29) is 11.0 Å². The van der Waals surface area contributed by atoms with Gasteiger partial charge in [-0.05, 0) is 12.0 Å². The Bertz CT molecular complexity index is 745. The number of pyridine rings is 1. The number of hydrogen-bond donors (Lipinski definition) is 1. The first-order chi connectivity index (χ1) is 9.70. The van der Waals surface area contributed by atoms with Gasteiger partial charge in [0.15, 0.2) is 17.9 Å². The third kappa shape index (κ3) is 1.54. The van der Waals surface area contributed by atoms with Crippen LogP contribution in [0.2, 0.25) is 0 Å². The lowest BCUT2D eigenvalue weighted by molar-refractivity contribution is 0.489. The molecule has 4 heteroatoms. The van der Waals surface area contributed by atoms with Crippen molar-refractivity contribution in [2.45, 2.75) is 0 Å². The van der Waals surface area contributed by atoms with Crippen LogP contribution >= 0.6 is 0 Å². The molecule has 98 valence electrons. The zero-order valence-electron chi connectivity index (χ0n) is 10.8. The van der Waals surface area contributed by atoms with Gasteiger partial charge in [0.25, 0.3) is 0 Å². The first-order valence-corrected chi connectivity index (χ1v) is 6.19. The highest BCUT2D eigenvalue weighted by molar-refractivity contribution is 5.81. The minimum Gasteiger partial charge on any atom is -0.354 e.